The van der Waals surface area contributed by atoms with Crippen molar-refractivity contribution in [1.82, 2.24) is 9.97 Å². The number of hydrogen-bond acceptors (Lipinski definition) is 4. The SMILES string of the molecule is CCc1cnc(CCNc2cccc(C(F)(F)F)n2)s1. The second-order valence-corrected chi connectivity index (χ2v) is 5.36. The molecule has 2 heterocycles. The highest BCUT2D eigenvalue weighted by molar-refractivity contribution is 7.11. The summed E-state index contributed by atoms with van der Waals surface area (Å²) in [6.45, 7) is 2.56. The van der Waals surface area contributed by atoms with Crippen LogP contribution in [0.3, 0.4) is 0 Å². The third-order valence-electron chi connectivity index (χ3n) is 2.63. The Labute approximate surface area is 118 Å². The van der Waals surface area contributed by atoms with Crippen LogP contribution in [0.15, 0.2) is 24.4 Å². The minimum absolute atomic E-state index is 0.229. The predicted octanol–water partition coefficient (Wildman–Crippen LogP) is 3.77. The lowest BCUT2D eigenvalue weighted by Gasteiger charge is -2.08. The Morgan fingerprint density at radius 2 is 2.10 bits per heavy atom. The highest BCUT2D eigenvalue weighted by Gasteiger charge is 2.32. The number of aryl methyl sites for hydroxylation is 1. The molecule has 0 amide bonds. The predicted molar refractivity (Wildman–Crippen MR) is 72.9 cm³/mol. The van der Waals surface area contributed by atoms with Gasteiger partial charge in [-0.15, -0.1) is 11.3 Å². The molecule has 7 heteroatoms. The van der Waals surface area contributed by atoms with Crippen molar-refractivity contribution < 1.29 is 13.2 Å². The van der Waals surface area contributed by atoms with Crippen LogP contribution in [-0.2, 0) is 19.0 Å². The molecule has 0 aliphatic carbocycles. The number of hydrogen-bond donors (Lipinski definition) is 1. The fourth-order valence-electron chi connectivity index (χ4n) is 1.62. The molecule has 20 heavy (non-hydrogen) atoms. The van der Waals surface area contributed by atoms with Crippen LogP contribution in [-0.4, -0.2) is 16.5 Å². The van der Waals surface area contributed by atoms with Crippen LogP contribution in [0.5, 0.6) is 0 Å². The third-order valence-corrected chi connectivity index (χ3v) is 3.84. The molecule has 0 bridgehead atoms. The minimum Gasteiger partial charge on any atom is -0.370 e. The Balaban J connectivity index is 1.91. The summed E-state index contributed by atoms with van der Waals surface area (Å²) in [6, 6.07) is 3.82. The number of pyridine rings is 1. The van der Waals surface area contributed by atoms with Crippen LogP contribution in [0.25, 0.3) is 0 Å². The molecule has 0 saturated heterocycles. The number of thiazole rings is 1. The second-order valence-electron chi connectivity index (χ2n) is 4.16. The monoisotopic (exact) mass is 301 g/mol. The summed E-state index contributed by atoms with van der Waals surface area (Å²) >= 11 is 1.62. The van der Waals surface area contributed by atoms with Crippen LogP contribution in [0.4, 0.5) is 19.0 Å². The van der Waals surface area contributed by atoms with Crippen molar-refractivity contribution in [3.05, 3.63) is 40.0 Å². The van der Waals surface area contributed by atoms with E-state index in [0.717, 1.165) is 17.5 Å². The number of nitrogens with one attached hydrogen (secondary N) is 1. The Morgan fingerprint density at radius 1 is 1.30 bits per heavy atom. The first-order valence-corrected chi connectivity index (χ1v) is 7.02. The average Bonchev–Trinajstić information content (AvgIpc) is 2.86. The summed E-state index contributed by atoms with van der Waals surface area (Å²) in [4.78, 5) is 9.00. The maximum Gasteiger partial charge on any atom is 0.433 e. The molecule has 2 aromatic rings. The second kappa shape index (κ2) is 6.21. The zero-order valence-corrected chi connectivity index (χ0v) is 11.7. The smallest absolute Gasteiger partial charge is 0.370 e. The van der Waals surface area contributed by atoms with Crippen molar-refractivity contribution >= 4 is 17.2 Å². The van der Waals surface area contributed by atoms with Crippen molar-refractivity contribution in [2.24, 2.45) is 0 Å². The van der Waals surface area contributed by atoms with Gasteiger partial charge < -0.3 is 5.32 Å². The van der Waals surface area contributed by atoms with Gasteiger partial charge in [-0.1, -0.05) is 13.0 Å². The first-order chi connectivity index (χ1) is 9.49. The quantitative estimate of drug-likeness (QED) is 0.913. The first kappa shape index (κ1) is 14.8. The highest BCUT2D eigenvalue weighted by Crippen LogP contribution is 2.28. The molecular formula is C13H14F3N3S. The van der Waals surface area contributed by atoms with Gasteiger partial charge in [0.1, 0.15) is 11.5 Å². The molecule has 1 N–H and O–H groups in total. The van der Waals surface area contributed by atoms with Crippen molar-refractivity contribution in [2.45, 2.75) is 25.9 Å². The van der Waals surface area contributed by atoms with Crippen LogP contribution < -0.4 is 5.32 Å². The van der Waals surface area contributed by atoms with Gasteiger partial charge in [0.15, 0.2) is 0 Å². The summed E-state index contributed by atoms with van der Waals surface area (Å²) in [5, 5.41) is 3.86. The molecule has 0 fully saturated rings. The molecular weight excluding hydrogens is 287 g/mol. The van der Waals surface area contributed by atoms with Crippen LogP contribution >= 0.6 is 11.3 Å². The van der Waals surface area contributed by atoms with Crippen LogP contribution in [0.1, 0.15) is 22.5 Å². The van der Waals surface area contributed by atoms with E-state index in [1.54, 1.807) is 11.3 Å². The largest absolute Gasteiger partial charge is 0.433 e. The number of aromatic nitrogens is 2. The van der Waals surface area contributed by atoms with Crippen LogP contribution in [0.2, 0.25) is 0 Å². The molecule has 0 aliphatic rings. The Bertz CT molecular complexity index is 566. The van der Waals surface area contributed by atoms with Gasteiger partial charge in [0.2, 0.25) is 0 Å². The summed E-state index contributed by atoms with van der Waals surface area (Å²) in [7, 11) is 0. The van der Waals surface area contributed by atoms with E-state index in [1.807, 2.05) is 6.20 Å². The molecule has 0 spiro atoms. The van der Waals surface area contributed by atoms with E-state index in [4.69, 9.17) is 0 Å². The van der Waals surface area contributed by atoms with E-state index in [0.29, 0.717) is 13.0 Å². The fraction of sp³-hybridized carbons (Fsp3) is 0.385. The van der Waals surface area contributed by atoms with E-state index in [2.05, 4.69) is 22.2 Å². The van der Waals surface area contributed by atoms with E-state index in [1.165, 1.54) is 17.0 Å². The molecule has 0 unspecified atom stereocenters. The fourth-order valence-corrected chi connectivity index (χ4v) is 2.48. The number of rotatable bonds is 5. The van der Waals surface area contributed by atoms with E-state index < -0.39 is 11.9 Å². The number of alkyl halides is 3. The summed E-state index contributed by atoms with van der Waals surface area (Å²) in [6.07, 6.45) is -0.964. The molecule has 108 valence electrons. The van der Waals surface area contributed by atoms with Gasteiger partial charge in [-0.05, 0) is 18.6 Å². The van der Waals surface area contributed by atoms with Gasteiger partial charge in [0, 0.05) is 24.0 Å². The molecule has 0 saturated carbocycles. The van der Waals surface area contributed by atoms with E-state index in [9.17, 15) is 13.2 Å². The molecule has 3 nitrogen and oxygen atoms in total. The van der Waals surface area contributed by atoms with E-state index >= 15 is 0 Å². The van der Waals surface area contributed by atoms with E-state index in [-0.39, 0.29) is 5.82 Å². The van der Waals surface area contributed by atoms with Gasteiger partial charge in [0.05, 0.1) is 5.01 Å². The Kier molecular flexibility index (Phi) is 4.59. The summed E-state index contributed by atoms with van der Waals surface area (Å²) in [5.74, 6) is 0.229. The molecule has 0 radical (unpaired) electrons. The molecule has 0 aliphatic heterocycles. The summed E-state index contributed by atoms with van der Waals surface area (Å²) in [5.41, 5.74) is -0.884. The lowest BCUT2D eigenvalue weighted by Crippen LogP contribution is -2.11. The maximum atomic E-state index is 12.5. The highest BCUT2D eigenvalue weighted by atomic mass is 32.1. The molecule has 0 aromatic carbocycles. The topological polar surface area (TPSA) is 37.8 Å². The average molecular weight is 301 g/mol. The van der Waals surface area contributed by atoms with Gasteiger partial charge in [-0.3, -0.25) is 0 Å². The van der Waals surface area contributed by atoms with Crippen molar-refractivity contribution in [1.29, 1.82) is 0 Å². The van der Waals surface area contributed by atoms with Crippen LogP contribution in [0, 0.1) is 0 Å². The van der Waals surface area contributed by atoms with Crippen molar-refractivity contribution in [3.8, 4) is 0 Å². The minimum atomic E-state index is -4.41. The maximum absolute atomic E-state index is 12.5. The third kappa shape index (κ3) is 3.93. The van der Waals surface area contributed by atoms with Gasteiger partial charge in [0.25, 0.3) is 0 Å². The number of nitrogens with zero attached hydrogens (tertiary/aromatic N) is 2. The first-order valence-electron chi connectivity index (χ1n) is 6.20. The zero-order valence-electron chi connectivity index (χ0n) is 10.9. The zero-order chi connectivity index (χ0) is 14.6. The number of halogens is 3. The Hall–Kier alpha value is -1.63. The summed E-state index contributed by atoms with van der Waals surface area (Å²) < 4.78 is 37.5. The number of anilines is 1. The van der Waals surface area contributed by atoms with Gasteiger partial charge >= 0.3 is 6.18 Å². The molecule has 2 aromatic heterocycles. The lowest BCUT2D eigenvalue weighted by molar-refractivity contribution is -0.141. The molecule has 2 rings (SSSR count). The molecule has 0 atom stereocenters. The van der Waals surface area contributed by atoms with Crippen molar-refractivity contribution in [2.75, 3.05) is 11.9 Å². The van der Waals surface area contributed by atoms with Gasteiger partial charge in [-0.25, -0.2) is 9.97 Å². The standard InChI is InChI=1S/C13H14F3N3S/c1-2-9-8-18-12(20-9)6-7-17-11-5-3-4-10(19-11)13(14,15)16/h3-5,8H,2,6-7H2,1H3,(H,17,19). The van der Waals surface area contributed by atoms with Gasteiger partial charge in [-0.2, -0.15) is 13.2 Å². The normalized spacial score (nSPS) is 11.6. The Morgan fingerprint density at radius 3 is 2.75 bits per heavy atom. The lowest BCUT2D eigenvalue weighted by atomic mass is 10.3. The van der Waals surface area contributed by atoms with Crippen molar-refractivity contribution in [3.63, 3.8) is 0 Å².